The van der Waals surface area contributed by atoms with Crippen LogP contribution in [0, 0.1) is 0 Å². The SMILES string of the molecule is O=C(Nc1ccc(N2CCOCC2)cc1)c1cc(Cl)c(O)c(Cl)c1. The maximum atomic E-state index is 12.3. The number of phenols is 1. The minimum atomic E-state index is -0.349. The molecule has 0 spiro atoms. The summed E-state index contributed by atoms with van der Waals surface area (Å²) in [5, 5.41) is 12.4. The molecular formula is C17H16Cl2N2O3. The van der Waals surface area contributed by atoms with Gasteiger partial charge in [0.2, 0.25) is 0 Å². The number of anilines is 2. The smallest absolute Gasteiger partial charge is 0.255 e. The Morgan fingerprint density at radius 2 is 1.67 bits per heavy atom. The Labute approximate surface area is 149 Å². The fourth-order valence-electron chi connectivity index (χ4n) is 2.48. The van der Waals surface area contributed by atoms with Crippen molar-refractivity contribution < 1.29 is 14.6 Å². The minimum absolute atomic E-state index is 0.0373. The van der Waals surface area contributed by atoms with Crippen molar-refractivity contribution in [3.05, 3.63) is 52.0 Å². The number of nitrogens with zero attached hydrogens (tertiary/aromatic N) is 1. The van der Waals surface area contributed by atoms with E-state index in [1.165, 1.54) is 12.1 Å². The van der Waals surface area contributed by atoms with Gasteiger partial charge in [0.05, 0.1) is 23.3 Å². The zero-order chi connectivity index (χ0) is 17.1. The Kier molecular flexibility index (Phi) is 5.14. The van der Waals surface area contributed by atoms with Gasteiger partial charge in [0, 0.05) is 30.0 Å². The maximum Gasteiger partial charge on any atom is 0.255 e. The molecule has 0 radical (unpaired) electrons. The average molecular weight is 367 g/mol. The predicted octanol–water partition coefficient (Wildman–Crippen LogP) is 3.79. The molecule has 1 aliphatic rings. The number of morpholine rings is 1. The van der Waals surface area contributed by atoms with E-state index in [1.54, 1.807) is 0 Å². The molecule has 24 heavy (non-hydrogen) atoms. The van der Waals surface area contributed by atoms with Gasteiger partial charge >= 0.3 is 0 Å². The molecule has 2 N–H and O–H groups in total. The van der Waals surface area contributed by atoms with E-state index in [-0.39, 0.29) is 27.3 Å². The summed E-state index contributed by atoms with van der Waals surface area (Å²) < 4.78 is 5.34. The molecule has 0 unspecified atom stereocenters. The van der Waals surface area contributed by atoms with Crippen molar-refractivity contribution in [2.45, 2.75) is 0 Å². The Bertz CT molecular complexity index is 721. The number of aromatic hydroxyl groups is 1. The number of rotatable bonds is 3. The van der Waals surface area contributed by atoms with Crippen LogP contribution in [0.3, 0.4) is 0 Å². The highest BCUT2D eigenvalue weighted by atomic mass is 35.5. The second kappa shape index (κ2) is 7.30. The summed E-state index contributed by atoms with van der Waals surface area (Å²) in [5.74, 6) is -0.581. The first-order valence-corrected chi connectivity index (χ1v) is 8.22. The van der Waals surface area contributed by atoms with E-state index in [0.717, 1.165) is 32.0 Å². The lowest BCUT2D eigenvalue weighted by Gasteiger charge is -2.28. The number of hydrogen-bond donors (Lipinski definition) is 2. The van der Waals surface area contributed by atoms with Gasteiger partial charge < -0.3 is 20.1 Å². The third-order valence-electron chi connectivity index (χ3n) is 3.78. The minimum Gasteiger partial charge on any atom is -0.505 e. The molecule has 126 valence electrons. The number of ether oxygens (including phenoxy) is 1. The number of benzene rings is 2. The van der Waals surface area contributed by atoms with Gasteiger partial charge in [-0.3, -0.25) is 4.79 Å². The fraction of sp³-hybridized carbons (Fsp3) is 0.235. The van der Waals surface area contributed by atoms with Gasteiger partial charge in [-0.2, -0.15) is 0 Å². The van der Waals surface area contributed by atoms with E-state index in [1.807, 2.05) is 24.3 Å². The summed E-state index contributed by atoms with van der Waals surface area (Å²) in [5.41, 5.74) is 2.03. The molecule has 0 bridgehead atoms. The first-order valence-electron chi connectivity index (χ1n) is 7.47. The average Bonchev–Trinajstić information content (AvgIpc) is 2.60. The number of nitrogens with one attached hydrogen (secondary N) is 1. The zero-order valence-electron chi connectivity index (χ0n) is 12.8. The van der Waals surface area contributed by atoms with Gasteiger partial charge in [0.15, 0.2) is 5.75 Å². The standard InChI is InChI=1S/C17H16Cl2N2O3/c18-14-9-11(10-15(19)16(14)22)17(23)20-12-1-3-13(4-2-12)21-5-7-24-8-6-21/h1-4,9-10,22H,5-8H2,(H,20,23). The predicted molar refractivity (Wildman–Crippen MR) is 95.6 cm³/mol. The van der Waals surface area contributed by atoms with Crippen molar-refractivity contribution in [3.63, 3.8) is 0 Å². The summed E-state index contributed by atoms with van der Waals surface area (Å²) in [6, 6.07) is 10.3. The summed E-state index contributed by atoms with van der Waals surface area (Å²) in [6.45, 7) is 3.16. The molecule has 0 saturated carbocycles. The van der Waals surface area contributed by atoms with Crippen LogP contribution in [-0.2, 0) is 4.74 Å². The number of hydrogen-bond acceptors (Lipinski definition) is 4. The third kappa shape index (κ3) is 3.75. The number of phenolic OH excluding ortho intramolecular Hbond substituents is 1. The second-order valence-corrected chi connectivity index (χ2v) is 6.20. The lowest BCUT2D eigenvalue weighted by Crippen LogP contribution is -2.36. The van der Waals surface area contributed by atoms with Crippen molar-refractivity contribution in [2.24, 2.45) is 0 Å². The largest absolute Gasteiger partial charge is 0.505 e. The quantitative estimate of drug-likeness (QED) is 0.867. The molecular weight excluding hydrogens is 351 g/mol. The monoisotopic (exact) mass is 366 g/mol. The van der Waals surface area contributed by atoms with Crippen LogP contribution in [0.15, 0.2) is 36.4 Å². The van der Waals surface area contributed by atoms with Crippen molar-refractivity contribution >= 4 is 40.5 Å². The van der Waals surface area contributed by atoms with E-state index in [0.29, 0.717) is 5.69 Å². The van der Waals surface area contributed by atoms with Gasteiger partial charge in [0.1, 0.15) is 0 Å². The van der Waals surface area contributed by atoms with Gasteiger partial charge in [-0.15, -0.1) is 0 Å². The fourth-order valence-corrected chi connectivity index (χ4v) is 2.96. The first kappa shape index (κ1) is 16.9. The van der Waals surface area contributed by atoms with E-state index in [4.69, 9.17) is 27.9 Å². The van der Waals surface area contributed by atoms with E-state index in [9.17, 15) is 9.90 Å². The van der Waals surface area contributed by atoms with Crippen molar-refractivity contribution in [2.75, 3.05) is 36.5 Å². The molecule has 1 aliphatic heterocycles. The van der Waals surface area contributed by atoms with Crippen molar-refractivity contribution in [1.29, 1.82) is 0 Å². The summed E-state index contributed by atoms with van der Waals surface area (Å²) in [4.78, 5) is 14.5. The highest BCUT2D eigenvalue weighted by Gasteiger charge is 2.14. The Hall–Kier alpha value is -1.95. The van der Waals surface area contributed by atoms with E-state index < -0.39 is 0 Å². The van der Waals surface area contributed by atoms with Crippen LogP contribution >= 0.6 is 23.2 Å². The zero-order valence-corrected chi connectivity index (χ0v) is 14.3. The van der Waals surface area contributed by atoms with Crippen LogP contribution < -0.4 is 10.2 Å². The topological polar surface area (TPSA) is 61.8 Å². The second-order valence-electron chi connectivity index (χ2n) is 5.39. The van der Waals surface area contributed by atoms with Crippen molar-refractivity contribution in [1.82, 2.24) is 0 Å². The normalized spacial score (nSPS) is 14.5. The van der Waals surface area contributed by atoms with Crippen LogP contribution in [0.1, 0.15) is 10.4 Å². The summed E-state index contributed by atoms with van der Waals surface area (Å²) in [6.07, 6.45) is 0. The third-order valence-corrected chi connectivity index (χ3v) is 4.36. The van der Waals surface area contributed by atoms with E-state index in [2.05, 4.69) is 10.2 Å². The molecule has 2 aromatic rings. The van der Waals surface area contributed by atoms with Crippen molar-refractivity contribution in [3.8, 4) is 5.75 Å². The molecule has 1 saturated heterocycles. The lowest BCUT2D eigenvalue weighted by molar-refractivity contribution is 0.102. The maximum absolute atomic E-state index is 12.3. The molecule has 0 aliphatic carbocycles. The van der Waals surface area contributed by atoms with Crippen LogP contribution in [0.2, 0.25) is 10.0 Å². The number of carbonyl (C=O) groups is 1. The molecule has 7 heteroatoms. The van der Waals surface area contributed by atoms with Crippen LogP contribution in [-0.4, -0.2) is 37.3 Å². The molecule has 2 aromatic carbocycles. The highest BCUT2D eigenvalue weighted by Crippen LogP contribution is 2.33. The van der Waals surface area contributed by atoms with E-state index >= 15 is 0 Å². The van der Waals surface area contributed by atoms with Crippen LogP contribution in [0.25, 0.3) is 0 Å². The number of halogens is 2. The molecule has 0 aromatic heterocycles. The van der Waals surface area contributed by atoms with Crippen LogP contribution in [0.5, 0.6) is 5.75 Å². The highest BCUT2D eigenvalue weighted by molar-refractivity contribution is 6.37. The Morgan fingerprint density at radius 1 is 1.08 bits per heavy atom. The molecule has 1 fully saturated rings. The molecule has 0 atom stereocenters. The summed E-state index contributed by atoms with van der Waals surface area (Å²) in [7, 11) is 0. The molecule has 1 heterocycles. The molecule has 3 rings (SSSR count). The number of amides is 1. The van der Waals surface area contributed by atoms with Gasteiger partial charge in [-0.05, 0) is 36.4 Å². The molecule has 1 amide bonds. The van der Waals surface area contributed by atoms with Gasteiger partial charge in [-0.1, -0.05) is 23.2 Å². The Morgan fingerprint density at radius 3 is 2.25 bits per heavy atom. The number of carbonyl (C=O) groups excluding carboxylic acids is 1. The van der Waals surface area contributed by atoms with Gasteiger partial charge in [0.25, 0.3) is 5.91 Å². The van der Waals surface area contributed by atoms with Crippen LogP contribution in [0.4, 0.5) is 11.4 Å². The first-order chi connectivity index (χ1) is 11.5. The Balaban J connectivity index is 1.70. The van der Waals surface area contributed by atoms with Gasteiger partial charge in [-0.25, -0.2) is 0 Å². The molecule has 5 nitrogen and oxygen atoms in total. The lowest BCUT2D eigenvalue weighted by atomic mass is 10.2. The summed E-state index contributed by atoms with van der Waals surface area (Å²) >= 11 is 11.7.